The molecule has 2 N–H and O–H groups in total. The first kappa shape index (κ1) is 19.8. The third-order valence-electron chi connectivity index (χ3n) is 3.77. The third kappa shape index (κ3) is 5.51. The Hall–Kier alpha value is -2.97. The van der Waals surface area contributed by atoms with Gasteiger partial charge in [0.15, 0.2) is 6.61 Å². The maximum absolute atomic E-state index is 12.3. The molecule has 0 aliphatic rings. The van der Waals surface area contributed by atoms with Crippen molar-refractivity contribution in [3.63, 3.8) is 0 Å². The molecular weight excluding hydrogens is 396 g/mol. The van der Waals surface area contributed by atoms with E-state index in [0.29, 0.717) is 4.88 Å². The van der Waals surface area contributed by atoms with Crippen molar-refractivity contribution in [2.45, 2.75) is 6.04 Å². The minimum absolute atomic E-state index is 0.295. The number of benzene rings is 1. The number of amides is 2. The number of nitrogens with one attached hydrogen (secondary N) is 2. The van der Waals surface area contributed by atoms with Gasteiger partial charge in [0.1, 0.15) is 6.54 Å². The molecule has 0 radical (unpaired) electrons. The predicted octanol–water partition coefficient (Wildman–Crippen LogP) is 2.99. The Morgan fingerprint density at radius 3 is 2.36 bits per heavy atom. The zero-order chi connectivity index (χ0) is 19.8. The van der Waals surface area contributed by atoms with E-state index >= 15 is 0 Å². The van der Waals surface area contributed by atoms with Crippen LogP contribution in [0.2, 0.25) is 0 Å². The fraction of sp³-hybridized carbons (Fsp3) is 0.150. The van der Waals surface area contributed by atoms with Crippen molar-refractivity contribution in [2.75, 3.05) is 13.2 Å². The summed E-state index contributed by atoms with van der Waals surface area (Å²) < 4.78 is 4.97. The van der Waals surface area contributed by atoms with Gasteiger partial charge in [0.2, 0.25) is 0 Å². The van der Waals surface area contributed by atoms with Crippen LogP contribution in [0.25, 0.3) is 0 Å². The number of hydrogen-bond donors (Lipinski definition) is 2. The largest absolute Gasteiger partial charge is 0.454 e. The van der Waals surface area contributed by atoms with Crippen molar-refractivity contribution < 1.29 is 19.1 Å². The van der Waals surface area contributed by atoms with E-state index in [-0.39, 0.29) is 18.5 Å². The van der Waals surface area contributed by atoms with Gasteiger partial charge in [0.05, 0.1) is 10.9 Å². The van der Waals surface area contributed by atoms with Crippen LogP contribution in [0.3, 0.4) is 0 Å². The van der Waals surface area contributed by atoms with E-state index in [0.717, 1.165) is 10.4 Å². The third-order valence-corrected chi connectivity index (χ3v) is 5.57. The minimum Gasteiger partial charge on any atom is -0.454 e. The molecular formula is C20H18N2O4S2. The number of hydrogen-bond acceptors (Lipinski definition) is 6. The summed E-state index contributed by atoms with van der Waals surface area (Å²) in [4.78, 5) is 37.4. The van der Waals surface area contributed by atoms with Crippen LogP contribution in [0.5, 0.6) is 0 Å². The molecule has 144 valence electrons. The molecule has 0 fully saturated rings. The minimum atomic E-state index is -0.674. The number of thiophene rings is 2. The van der Waals surface area contributed by atoms with Crippen LogP contribution in [0.15, 0.2) is 65.4 Å². The molecule has 2 heterocycles. The van der Waals surface area contributed by atoms with Crippen LogP contribution < -0.4 is 10.6 Å². The van der Waals surface area contributed by atoms with E-state index in [4.69, 9.17) is 4.74 Å². The normalized spacial score (nSPS) is 11.4. The summed E-state index contributed by atoms with van der Waals surface area (Å²) in [6, 6.07) is 16.5. The lowest BCUT2D eigenvalue weighted by molar-refractivity contribution is -0.147. The summed E-state index contributed by atoms with van der Waals surface area (Å²) >= 11 is 2.81. The Morgan fingerprint density at radius 1 is 0.929 bits per heavy atom. The van der Waals surface area contributed by atoms with Gasteiger partial charge in [-0.25, -0.2) is 0 Å². The first-order chi connectivity index (χ1) is 13.6. The van der Waals surface area contributed by atoms with Gasteiger partial charge >= 0.3 is 5.97 Å². The zero-order valence-electron chi connectivity index (χ0n) is 14.8. The first-order valence-electron chi connectivity index (χ1n) is 8.48. The van der Waals surface area contributed by atoms with Crippen molar-refractivity contribution in [1.82, 2.24) is 10.6 Å². The number of carbonyl (C=O) groups excluding carboxylic acids is 3. The van der Waals surface area contributed by atoms with Gasteiger partial charge in [-0.1, -0.05) is 42.5 Å². The zero-order valence-corrected chi connectivity index (χ0v) is 16.4. The molecule has 0 spiro atoms. The highest BCUT2D eigenvalue weighted by Gasteiger charge is 2.19. The summed E-state index contributed by atoms with van der Waals surface area (Å²) in [5.74, 6) is -1.44. The molecule has 0 unspecified atom stereocenters. The van der Waals surface area contributed by atoms with Crippen molar-refractivity contribution in [1.29, 1.82) is 0 Å². The Morgan fingerprint density at radius 2 is 1.68 bits per heavy atom. The molecule has 0 bridgehead atoms. The van der Waals surface area contributed by atoms with Crippen LogP contribution in [-0.2, 0) is 14.3 Å². The van der Waals surface area contributed by atoms with Crippen molar-refractivity contribution in [2.24, 2.45) is 0 Å². The maximum Gasteiger partial charge on any atom is 0.325 e. The summed E-state index contributed by atoms with van der Waals surface area (Å²) in [6.45, 7) is -0.709. The second kappa shape index (κ2) is 9.82. The van der Waals surface area contributed by atoms with Crippen molar-refractivity contribution in [3.05, 3.63) is 80.7 Å². The molecule has 28 heavy (non-hydrogen) atoms. The summed E-state index contributed by atoms with van der Waals surface area (Å²) in [5, 5.41) is 9.06. The Labute approximate surface area is 170 Å². The van der Waals surface area contributed by atoms with E-state index in [1.807, 2.05) is 47.8 Å². The average Bonchev–Trinajstić information content (AvgIpc) is 3.43. The average molecular weight is 415 g/mol. The Balaban J connectivity index is 1.49. The first-order valence-corrected chi connectivity index (χ1v) is 10.2. The lowest BCUT2D eigenvalue weighted by atomic mass is 10.1. The molecule has 0 aliphatic carbocycles. The SMILES string of the molecule is O=C(COC(=O)CNC(=O)c1cccs1)N[C@@H](c1ccccc1)c1cccs1. The van der Waals surface area contributed by atoms with Gasteiger partial charge in [-0.05, 0) is 28.5 Å². The molecule has 1 atom stereocenters. The molecule has 8 heteroatoms. The Kier molecular flexibility index (Phi) is 6.94. The molecule has 6 nitrogen and oxygen atoms in total. The highest BCUT2D eigenvalue weighted by Crippen LogP contribution is 2.25. The van der Waals surface area contributed by atoms with Gasteiger partial charge in [0, 0.05) is 4.88 Å². The number of esters is 1. The lowest BCUT2D eigenvalue weighted by Gasteiger charge is -2.18. The standard InChI is InChI=1S/C20H18N2O4S2/c23-17(13-26-18(24)12-21-20(25)16-9-5-11-28-16)22-19(15-8-4-10-27-15)14-6-2-1-3-7-14/h1-11,19H,12-13H2,(H,21,25)(H,22,23)/t19-/m0/s1. The highest BCUT2D eigenvalue weighted by atomic mass is 32.1. The highest BCUT2D eigenvalue weighted by molar-refractivity contribution is 7.12. The number of ether oxygens (including phenoxy) is 1. The topological polar surface area (TPSA) is 84.5 Å². The van der Waals surface area contributed by atoms with Gasteiger partial charge in [-0.2, -0.15) is 0 Å². The second-order valence-electron chi connectivity index (χ2n) is 5.75. The smallest absolute Gasteiger partial charge is 0.325 e. The predicted molar refractivity (Wildman–Crippen MR) is 108 cm³/mol. The summed E-state index contributed by atoms with van der Waals surface area (Å²) in [6.07, 6.45) is 0. The molecule has 0 saturated carbocycles. The Bertz CT molecular complexity index is 909. The molecule has 1 aromatic carbocycles. The summed E-state index contributed by atoms with van der Waals surface area (Å²) in [5.41, 5.74) is 0.938. The van der Waals surface area contributed by atoms with Crippen LogP contribution >= 0.6 is 22.7 Å². The van der Waals surface area contributed by atoms with Crippen LogP contribution in [-0.4, -0.2) is 30.9 Å². The van der Waals surface area contributed by atoms with E-state index < -0.39 is 18.5 Å². The van der Waals surface area contributed by atoms with Gasteiger partial charge < -0.3 is 15.4 Å². The van der Waals surface area contributed by atoms with E-state index in [1.165, 1.54) is 22.7 Å². The second-order valence-corrected chi connectivity index (χ2v) is 7.67. The molecule has 0 aliphatic heterocycles. The number of rotatable bonds is 8. The van der Waals surface area contributed by atoms with Crippen LogP contribution in [0, 0.1) is 0 Å². The lowest BCUT2D eigenvalue weighted by Crippen LogP contribution is -2.35. The fourth-order valence-electron chi connectivity index (χ4n) is 2.47. The molecule has 3 rings (SSSR count). The molecule has 2 amide bonds. The monoisotopic (exact) mass is 414 g/mol. The van der Waals surface area contributed by atoms with Crippen molar-refractivity contribution >= 4 is 40.5 Å². The van der Waals surface area contributed by atoms with Crippen LogP contribution in [0.4, 0.5) is 0 Å². The maximum atomic E-state index is 12.3. The van der Waals surface area contributed by atoms with Gasteiger partial charge in [-0.3, -0.25) is 14.4 Å². The van der Waals surface area contributed by atoms with Crippen LogP contribution in [0.1, 0.15) is 26.2 Å². The van der Waals surface area contributed by atoms with E-state index in [9.17, 15) is 14.4 Å². The van der Waals surface area contributed by atoms with Gasteiger partial charge in [-0.15, -0.1) is 22.7 Å². The van der Waals surface area contributed by atoms with E-state index in [1.54, 1.807) is 17.5 Å². The molecule has 3 aromatic rings. The van der Waals surface area contributed by atoms with E-state index in [2.05, 4.69) is 10.6 Å². The molecule has 2 aromatic heterocycles. The fourth-order valence-corrected chi connectivity index (χ4v) is 3.91. The number of carbonyl (C=O) groups is 3. The quantitative estimate of drug-likeness (QED) is 0.555. The summed E-state index contributed by atoms with van der Waals surface area (Å²) in [7, 11) is 0. The van der Waals surface area contributed by atoms with Gasteiger partial charge in [0.25, 0.3) is 11.8 Å². The van der Waals surface area contributed by atoms with Crippen molar-refractivity contribution in [3.8, 4) is 0 Å². The molecule has 0 saturated heterocycles.